The first-order valence-electron chi connectivity index (χ1n) is 6.49. The van der Waals surface area contributed by atoms with E-state index in [1.165, 1.54) is 12.0 Å². The second-order valence-electron chi connectivity index (χ2n) is 4.80. The van der Waals surface area contributed by atoms with Crippen molar-refractivity contribution in [3.63, 3.8) is 0 Å². The number of methoxy groups -OCH3 is 1. The number of ether oxygens (including phenoxy) is 1. The Kier molecular flexibility index (Phi) is 5.49. The van der Waals surface area contributed by atoms with E-state index in [1.807, 2.05) is 12.1 Å². The molecule has 0 saturated heterocycles. The minimum atomic E-state index is 0.315. The zero-order valence-corrected chi connectivity index (χ0v) is 11.7. The van der Waals surface area contributed by atoms with Crippen LogP contribution < -0.4 is 10.1 Å². The summed E-state index contributed by atoms with van der Waals surface area (Å²) in [6.45, 7) is 8.96. The Morgan fingerprint density at radius 2 is 1.82 bits per heavy atom. The number of hydrogen-bond donors (Lipinski definition) is 1. The number of rotatable bonds is 6. The highest BCUT2D eigenvalue weighted by Gasteiger charge is 2.16. The average molecular weight is 235 g/mol. The summed E-state index contributed by atoms with van der Waals surface area (Å²) in [4.78, 5) is 0. The topological polar surface area (TPSA) is 21.3 Å². The van der Waals surface area contributed by atoms with Gasteiger partial charge in [-0.2, -0.15) is 0 Å². The van der Waals surface area contributed by atoms with E-state index < -0.39 is 0 Å². The van der Waals surface area contributed by atoms with Crippen LogP contribution in [0, 0.1) is 5.92 Å². The maximum atomic E-state index is 5.39. The zero-order chi connectivity index (χ0) is 12.8. The molecule has 0 heterocycles. The van der Waals surface area contributed by atoms with E-state index in [9.17, 15) is 0 Å². The van der Waals surface area contributed by atoms with Crippen LogP contribution in [0.3, 0.4) is 0 Å². The molecule has 3 atom stereocenters. The van der Waals surface area contributed by atoms with Gasteiger partial charge < -0.3 is 10.1 Å². The third kappa shape index (κ3) is 3.74. The molecule has 0 spiro atoms. The van der Waals surface area contributed by atoms with Crippen LogP contribution in [0.1, 0.15) is 45.7 Å². The van der Waals surface area contributed by atoms with Crippen molar-refractivity contribution in [3.05, 3.63) is 29.8 Å². The molecule has 1 aromatic carbocycles. The van der Waals surface area contributed by atoms with Crippen molar-refractivity contribution in [1.82, 2.24) is 5.32 Å². The summed E-state index contributed by atoms with van der Waals surface area (Å²) in [5.41, 5.74) is 1.23. The summed E-state index contributed by atoms with van der Waals surface area (Å²) in [6.07, 6.45) is 1.20. The summed E-state index contributed by atoms with van der Waals surface area (Å²) in [7, 11) is 1.73. The van der Waals surface area contributed by atoms with E-state index in [-0.39, 0.29) is 0 Å². The van der Waals surface area contributed by atoms with Crippen molar-refractivity contribution in [3.8, 4) is 5.75 Å². The molecule has 1 N–H and O–H groups in total. The highest BCUT2D eigenvalue weighted by Crippen LogP contribution is 2.25. The smallest absolute Gasteiger partial charge is 0.123 e. The van der Waals surface area contributed by atoms with Crippen molar-refractivity contribution in [2.75, 3.05) is 7.11 Å². The molecule has 0 saturated carbocycles. The normalized spacial score (nSPS) is 16.3. The standard InChI is InChI=1S/C15H25NO/c1-6-11(2)12(3)16-13(4)14-9-7-8-10-15(14)17-5/h7-13,16H,6H2,1-5H3/t11?,12?,13-/m1/s1. The maximum absolute atomic E-state index is 5.39. The lowest BCUT2D eigenvalue weighted by Gasteiger charge is -2.25. The summed E-state index contributed by atoms with van der Waals surface area (Å²) in [5, 5.41) is 3.64. The molecule has 96 valence electrons. The first-order chi connectivity index (χ1) is 8.10. The Labute approximate surface area is 105 Å². The van der Waals surface area contributed by atoms with E-state index in [0.29, 0.717) is 18.0 Å². The average Bonchev–Trinajstić information content (AvgIpc) is 2.37. The predicted molar refractivity (Wildman–Crippen MR) is 73.5 cm³/mol. The van der Waals surface area contributed by atoms with Crippen LogP contribution in [0.15, 0.2) is 24.3 Å². The summed E-state index contributed by atoms with van der Waals surface area (Å²) >= 11 is 0. The molecule has 0 fully saturated rings. The van der Waals surface area contributed by atoms with Gasteiger partial charge in [0.15, 0.2) is 0 Å². The summed E-state index contributed by atoms with van der Waals surface area (Å²) < 4.78 is 5.39. The van der Waals surface area contributed by atoms with Gasteiger partial charge in [-0.15, -0.1) is 0 Å². The van der Waals surface area contributed by atoms with Gasteiger partial charge in [0.1, 0.15) is 5.75 Å². The molecule has 0 amide bonds. The molecule has 0 aliphatic heterocycles. The van der Waals surface area contributed by atoms with E-state index in [4.69, 9.17) is 4.74 Å². The molecule has 0 bridgehead atoms. The third-order valence-electron chi connectivity index (χ3n) is 3.62. The lowest BCUT2D eigenvalue weighted by Crippen LogP contribution is -2.34. The Morgan fingerprint density at radius 3 is 2.41 bits per heavy atom. The zero-order valence-electron chi connectivity index (χ0n) is 11.7. The van der Waals surface area contributed by atoms with Gasteiger partial charge in [-0.05, 0) is 25.8 Å². The lowest BCUT2D eigenvalue weighted by atomic mass is 9.98. The summed E-state index contributed by atoms with van der Waals surface area (Å²) in [6, 6.07) is 9.04. The minimum Gasteiger partial charge on any atom is -0.496 e. The number of hydrogen-bond acceptors (Lipinski definition) is 2. The molecule has 0 radical (unpaired) electrons. The minimum absolute atomic E-state index is 0.315. The first kappa shape index (κ1) is 14.0. The van der Waals surface area contributed by atoms with Crippen molar-refractivity contribution in [2.45, 2.75) is 46.2 Å². The fraction of sp³-hybridized carbons (Fsp3) is 0.600. The fourth-order valence-electron chi connectivity index (χ4n) is 2.03. The van der Waals surface area contributed by atoms with Crippen molar-refractivity contribution < 1.29 is 4.74 Å². The molecular formula is C15H25NO. The SMILES string of the molecule is CCC(C)C(C)N[C@H](C)c1ccccc1OC. The Morgan fingerprint density at radius 1 is 1.18 bits per heavy atom. The van der Waals surface area contributed by atoms with Crippen LogP contribution in [0.4, 0.5) is 0 Å². The van der Waals surface area contributed by atoms with Crippen molar-refractivity contribution in [2.24, 2.45) is 5.92 Å². The van der Waals surface area contributed by atoms with E-state index in [1.54, 1.807) is 7.11 Å². The number of benzene rings is 1. The van der Waals surface area contributed by atoms with E-state index >= 15 is 0 Å². The summed E-state index contributed by atoms with van der Waals surface area (Å²) in [5.74, 6) is 1.65. The molecule has 17 heavy (non-hydrogen) atoms. The van der Waals surface area contributed by atoms with Gasteiger partial charge in [-0.1, -0.05) is 38.5 Å². The van der Waals surface area contributed by atoms with Gasteiger partial charge in [0, 0.05) is 17.6 Å². The van der Waals surface area contributed by atoms with Gasteiger partial charge in [-0.25, -0.2) is 0 Å². The molecular weight excluding hydrogens is 210 g/mol. The van der Waals surface area contributed by atoms with Crippen LogP contribution in [0.5, 0.6) is 5.75 Å². The fourth-order valence-corrected chi connectivity index (χ4v) is 2.03. The largest absolute Gasteiger partial charge is 0.496 e. The van der Waals surface area contributed by atoms with Gasteiger partial charge in [0.25, 0.3) is 0 Å². The van der Waals surface area contributed by atoms with Crippen LogP contribution >= 0.6 is 0 Å². The third-order valence-corrected chi connectivity index (χ3v) is 3.62. The highest BCUT2D eigenvalue weighted by molar-refractivity contribution is 5.35. The molecule has 1 aromatic rings. The van der Waals surface area contributed by atoms with Gasteiger partial charge in [0.05, 0.1) is 7.11 Å². The van der Waals surface area contributed by atoms with Crippen LogP contribution in [-0.2, 0) is 0 Å². The van der Waals surface area contributed by atoms with Crippen LogP contribution in [0.25, 0.3) is 0 Å². The van der Waals surface area contributed by atoms with E-state index in [2.05, 4.69) is 45.1 Å². The van der Waals surface area contributed by atoms with Crippen LogP contribution in [0.2, 0.25) is 0 Å². The van der Waals surface area contributed by atoms with Gasteiger partial charge in [0.2, 0.25) is 0 Å². The second kappa shape index (κ2) is 6.65. The van der Waals surface area contributed by atoms with Gasteiger partial charge >= 0.3 is 0 Å². The molecule has 1 rings (SSSR count). The lowest BCUT2D eigenvalue weighted by molar-refractivity contribution is 0.350. The maximum Gasteiger partial charge on any atom is 0.123 e. The van der Waals surface area contributed by atoms with Crippen molar-refractivity contribution >= 4 is 0 Å². The van der Waals surface area contributed by atoms with Crippen molar-refractivity contribution in [1.29, 1.82) is 0 Å². The predicted octanol–water partition coefficient (Wildman–Crippen LogP) is 3.78. The molecule has 2 nitrogen and oxygen atoms in total. The molecule has 2 unspecified atom stereocenters. The Bertz CT molecular complexity index is 337. The van der Waals surface area contributed by atoms with Crippen LogP contribution in [-0.4, -0.2) is 13.2 Å². The monoisotopic (exact) mass is 235 g/mol. The second-order valence-corrected chi connectivity index (χ2v) is 4.80. The Hall–Kier alpha value is -1.02. The molecule has 0 aliphatic rings. The number of nitrogens with one attached hydrogen (secondary N) is 1. The molecule has 0 aliphatic carbocycles. The molecule has 0 aromatic heterocycles. The van der Waals surface area contributed by atoms with E-state index in [0.717, 1.165) is 5.75 Å². The Balaban J connectivity index is 2.72. The first-order valence-corrected chi connectivity index (χ1v) is 6.49. The van der Waals surface area contributed by atoms with Gasteiger partial charge in [-0.3, -0.25) is 0 Å². The molecule has 2 heteroatoms. The quantitative estimate of drug-likeness (QED) is 0.810. The highest BCUT2D eigenvalue weighted by atomic mass is 16.5. The number of para-hydroxylation sites is 1.